The first-order chi connectivity index (χ1) is 15.5. The lowest BCUT2D eigenvalue weighted by atomic mass is 10.1. The number of hydrogen-bond donors (Lipinski definition) is 2. The van der Waals surface area contributed by atoms with Gasteiger partial charge in [-0.1, -0.05) is 53.6 Å². The molecule has 4 rings (SSSR count). The smallest absolute Gasteiger partial charge is 0.221 e. The number of aromatic amines is 1. The molecule has 3 aromatic rings. The van der Waals surface area contributed by atoms with Crippen molar-refractivity contribution in [3.8, 4) is 11.4 Å². The SMILES string of the molecule is Cc1cccc(-c2n[nH]c(=S)n2CCC(=O)NCC(c2ccccc2Cl)N2CCCC2)c1. The number of aryl methyl sites for hydroxylation is 1. The molecule has 8 heteroatoms. The van der Waals surface area contributed by atoms with Gasteiger partial charge >= 0.3 is 0 Å². The summed E-state index contributed by atoms with van der Waals surface area (Å²) in [7, 11) is 0. The molecular weight excluding hydrogens is 442 g/mol. The van der Waals surface area contributed by atoms with Crippen LogP contribution in [0, 0.1) is 11.7 Å². The van der Waals surface area contributed by atoms with Crippen molar-refractivity contribution in [1.29, 1.82) is 0 Å². The lowest BCUT2D eigenvalue weighted by molar-refractivity contribution is -0.121. The van der Waals surface area contributed by atoms with Crippen LogP contribution in [-0.4, -0.2) is 45.2 Å². The lowest BCUT2D eigenvalue weighted by Gasteiger charge is -2.29. The van der Waals surface area contributed by atoms with E-state index in [1.807, 2.05) is 47.9 Å². The van der Waals surface area contributed by atoms with E-state index in [1.54, 1.807) is 0 Å². The number of halogens is 1. The highest BCUT2D eigenvalue weighted by Gasteiger charge is 2.25. The van der Waals surface area contributed by atoms with Gasteiger partial charge < -0.3 is 5.32 Å². The third-order valence-corrected chi connectivity index (χ3v) is 6.59. The standard InChI is InChI=1S/C24H28ClN5OS/c1-17-7-6-8-18(15-17)23-27-28-24(32)30(23)14-11-22(31)26-16-21(29-12-4-5-13-29)19-9-2-3-10-20(19)25/h2-3,6-10,15,21H,4-5,11-14,16H2,1H3,(H,26,31)(H,28,32). The molecule has 6 nitrogen and oxygen atoms in total. The molecule has 1 amide bonds. The van der Waals surface area contributed by atoms with Crippen molar-refractivity contribution in [2.45, 2.75) is 38.8 Å². The summed E-state index contributed by atoms with van der Waals surface area (Å²) in [5, 5.41) is 11.1. The summed E-state index contributed by atoms with van der Waals surface area (Å²) in [6.45, 7) is 5.08. The highest BCUT2D eigenvalue weighted by atomic mass is 35.5. The number of rotatable bonds is 8. The van der Waals surface area contributed by atoms with Crippen molar-refractivity contribution in [2.75, 3.05) is 19.6 Å². The molecule has 1 aliphatic rings. The summed E-state index contributed by atoms with van der Waals surface area (Å²) in [5.41, 5.74) is 3.19. The summed E-state index contributed by atoms with van der Waals surface area (Å²) in [6, 6.07) is 16.1. The maximum atomic E-state index is 12.7. The maximum absolute atomic E-state index is 12.7. The van der Waals surface area contributed by atoms with Crippen LogP contribution in [0.1, 0.15) is 36.4 Å². The van der Waals surface area contributed by atoms with Gasteiger partial charge in [0, 0.05) is 30.1 Å². The Morgan fingerprint density at radius 3 is 2.75 bits per heavy atom. The highest BCUT2D eigenvalue weighted by molar-refractivity contribution is 7.71. The fourth-order valence-corrected chi connectivity index (χ4v) is 4.76. The van der Waals surface area contributed by atoms with E-state index in [-0.39, 0.29) is 11.9 Å². The van der Waals surface area contributed by atoms with Crippen LogP contribution in [-0.2, 0) is 11.3 Å². The number of aromatic nitrogens is 3. The Hall–Kier alpha value is -2.48. The molecular formula is C24H28ClN5OS. The summed E-state index contributed by atoms with van der Waals surface area (Å²) in [6.07, 6.45) is 2.67. The molecule has 2 aromatic carbocycles. The minimum Gasteiger partial charge on any atom is -0.354 e. The zero-order valence-corrected chi connectivity index (χ0v) is 19.8. The Balaban J connectivity index is 1.41. The summed E-state index contributed by atoms with van der Waals surface area (Å²) >= 11 is 11.9. The third kappa shape index (κ3) is 5.28. The highest BCUT2D eigenvalue weighted by Crippen LogP contribution is 2.29. The van der Waals surface area contributed by atoms with Gasteiger partial charge in [0.05, 0.1) is 6.04 Å². The number of nitrogens with one attached hydrogen (secondary N) is 2. The predicted molar refractivity (Wildman–Crippen MR) is 130 cm³/mol. The minimum absolute atomic E-state index is 0.0143. The molecule has 1 aliphatic heterocycles. The Morgan fingerprint density at radius 2 is 2.00 bits per heavy atom. The zero-order chi connectivity index (χ0) is 22.5. The molecule has 1 atom stereocenters. The third-order valence-electron chi connectivity index (χ3n) is 5.94. The number of benzene rings is 2. The first-order valence-corrected chi connectivity index (χ1v) is 11.8. The quantitative estimate of drug-likeness (QED) is 0.460. The molecule has 32 heavy (non-hydrogen) atoms. The van der Waals surface area contributed by atoms with Gasteiger partial charge in [0.25, 0.3) is 0 Å². The second-order valence-electron chi connectivity index (χ2n) is 8.21. The number of amides is 1. The number of likely N-dealkylation sites (tertiary alicyclic amines) is 1. The van der Waals surface area contributed by atoms with E-state index in [1.165, 1.54) is 12.8 Å². The lowest BCUT2D eigenvalue weighted by Crippen LogP contribution is -2.37. The van der Waals surface area contributed by atoms with Crippen molar-refractivity contribution in [2.24, 2.45) is 0 Å². The minimum atomic E-state index is -0.0143. The van der Waals surface area contributed by atoms with E-state index in [0.717, 1.165) is 40.6 Å². The molecule has 0 radical (unpaired) electrons. The van der Waals surface area contributed by atoms with Crippen LogP contribution in [0.4, 0.5) is 0 Å². The second-order valence-corrected chi connectivity index (χ2v) is 9.00. The molecule has 0 spiro atoms. The number of hydrogen-bond acceptors (Lipinski definition) is 4. The molecule has 1 unspecified atom stereocenters. The molecule has 1 fully saturated rings. The molecule has 1 saturated heterocycles. The van der Waals surface area contributed by atoms with Crippen LogP contribution < -0.4 is 5.32 Å². The molecule has 0 aliphatic carbocycles. The van der Waals surface area contributed by atoms with Gasteiger partial charge in [-0.05, 0) is 62.8 Å². The first kappa shape index (κ1) is 22.7. The van der Waals surface area contributed by atoms with E-state index >= 15 is 0 Å². The summed E-state index contributed by atoms with van der Waals surface area (Å²) in [5.74, 6) is 0.733. The van der Waals surface area contributed by atoms with Crippen LogP contribution in [0.15, 0.2) is 48.5 Å². The molecule has 2 N–H and O–H groups in total. The average molecular weight is 470 g/mol. The number of nitrogens with zero attached hydrogens (tertiary/aromatic N) is 3. The molecule has 2 heterocycles. The zero-order valence-electron chi connectivity index (χ0n) is 18.2. The maximum Gasteiger partial charge on any atom is 0.221 e. The van der Waals surface area contributed by atoms with Crippen LogP contribution in [0.3, 0.4) is 0 Å². The second kappa shape index (κ2) is 10.4. The van der Waals surface area contributed by atoms with E-state index < -0.39 is 0 Å². The van der Waals surface area contributed by atoms with E-state index in [4.69, 9.17) is 23.8 Å². The fourth-order valence-electron chi connectivity index (χ4n) is 4.28. The Kier molecular flexibility index (Phi) is 7.40. The van der Waals surface area contributed by atoms with Crippen LogP contribution in [0.5, 0.6) is 0 Å². The molecule has 168 valence electrons. The van der Waals surface area contributed by atoms with Crippen molar-refractivity contribution < 1.29 is 4.79 Å². The van der Waals surface area contributed by atoms with Gasteiger partial charge in [-0.25, -0.2) is 0 Å². The van der Waals surface area contributed by atoms with E-state index in [9.17, 15) is 4.79 Å². The van der Waals surface area contributed by atoms with Crippen LogP contribution in [0.2, 0.25) is 5.02 Å². The largest absolute Gasteiger partial charge is 0.354 e. The predicted octanol–water partition coefficient (Wildman–Crippen LogP) is 4.91. The van der Waals surface area contributed by atoms with E-state index in [0.29, 0.717) is 24.3 Å². The number of carbonyl (C=O) groups is 1. The number of H-pyrrole nitrogens is 1. The van der Waals surface area contributed by atoms with Crippen molar-refractivity contribution in [1.82, 2.24) is 25.0 Å². The molecule has 1 aromatic heterocycles. The summed E-state index contributed by atoms with van der Waals surface area (Å²) < 4.78 is 2.40. The van der Waals surface area contributed by atoms with Gasteiger partial charge in [0.15, 0.2) is 10.6 Å². The van der Waals surface area contributed by atoms with Gasteiger partial charge in [0.2, 0.25) is 5.91 Å². The molecule has 0 saturated carbocycles. The topological polar surface area (TPSA) is 66.0 Å². The Morgan fingerprint density at radius 1 is 1.22 bits per heavy atom. The van der Waals surface area contributed by atoms with Crippen molar-refractivity contribution >= 4 is 29.7 Å². The Bertz CT molecular complexity index is 1140. The molecule has 0 bridgehead atoms. The van der Waals surface area contributed by atoms with Gasteiger partial charge in [-0.3, -0.25) is 19.4 Å². The normalized spacial score (nSPS) is 15.1. The van der Waals surface area contributed by atoms with Gasteiger partial charge in [0.1, 0.15) is 0 Å². The number of carbonyl (C=O) groups excluding carboxylic acids is 1. The fraction of sp³-hybridized carbons (Fsp3) is 0.375. The average Bonchev–Trinajstić information content (AvgIpc) is 3.44. The van der Waals surface area contributed by atoms with E-state index in [2.05, 4.69) is 32.5 Å². The first-order valence-electron chi connectivity index (χ1n) is 11.0. The van der Waals surface area contributed by atoms with Crippen molar-refractivity contribution in [3.05, 3.63) is 69.5 Å². The summed E-state index contributed by atoms with van der Waals surface area (Å²) in [4.78, 5) is 15.2. The van der Waals surface area contributed by atoms with Crippen LogP contribution in [0.25, 0.3) is 11.4 Å². The van der Waals surface area contributed by atoms with Crippen molar-refractivity contribution in [3.63, 3.8) is 0 Å². The van der Waals surface area contributed by atoms with Gasteiger partial charge in [-0.2, -0.15) is 5.10 Å². The Labute approximate surface area is 198 Å². The monoisotopic (exact) mass is 469 g/mol. The van der Waals surface area contributed by atoms with Crippen LogP contribution >= 0.6 is 23.8 Å². The van der Waals surface area contributed by atoms with Gasteiger partial charge in [-0.15, -0.1) is 0 Å².